The lowest BCUT2D eigenvalue weighted by Gasteiger charge is -2.35. The van der Waals surface area contributed by atoms with Gasteiger partial charge >= 0.3 is 18.1 Å². The van der Waals surface area contributed by atoms with Crippen LogP contribution in [0.1, 0.15) is 16.2 Å². The Hall–Kier alpha value is -2.73. The van der Waals surface area contributed by atoms with Gasteiger partial charge < -0.3 is 15.1 Å². The summed E-state index contributed by atoms with van der Waals surface area (Å²) >= 11 is 1.62. The zero-order valence-electron chi connectivity index (χ0n) is 14.5. The fraction of sp³-hybridized carbons (Fsp3) is 0.375. The van der Waals surface area contributed by atoms with Gasteiger partial charge in [0.25, 0.3) is 0 Å². The van der Waals surface area contributed by atoms with Crippen molar-refractivity contribution in [2.24, 2.45) is 0 Å². The maximum absolute atomic E-state index is 11.0. The van der Waals surface area contributed by atoms with Crippen LogP contribution in [0.25, 0.3) is 0 Å². The van der Waals surface area contributed by atoms with Crippen molar-refractivity contribution < 1.29 is 33.0 Å². The Balaban J connectivity index is 0.000000345. The van der Waals surface area contributed by atoms with E-state index in [0.29, 0.717) is 0 Å². The minimum absolute atomic E-state index is 0.0948. The fourth-order valence-electron chi connectivity index (χ4n) is 2.40. The van der Waals surface area contributed by atoms with Crippen LogP contribution in [-0.4, -0.2) is 69.4 Å². The van der Waals surface area contributed by atoms with Crippen molar-refractivity contribution in [3.05, 3.63) is 40.5 Å². The first-order chi connectivity index (χ1) is 13.2. The Bertz CT molecular complexity index is 793. The minimum atomic E-state index is -5.08. The molecule has 0 atom stereocenters. The lowest BCUT2D eigenvalue weighted by atomic mass is 10.2. The van der Waals surface area contributed by atoms with E-state index in [-0.39, 0.29) is 5.69 Å². The predicted molar refractivity (Wildman–Crippen MR) is 94.5 cm³/mol. The number of carboxylic acid groups (broad SMARTS) is 2. The third-order valence-corrected chi connectivity index (χ3v) is 4.40. The van der Waals surface area contributed by atoms with Gasteiger partial charge in [-0.15, -0.1) is 11.3 Å². The van der Waals surface area contributed by atoms with Crippen molar-refractivity contribution in [3.8, 4) is 0 Å². The molecular weight excluding hydrogens is 401 g/mol. The number of carbonyl (C=O) groups is 2. The number of halogens is 3. The summed E-state index contributed by atoms with van der Waals surface area (Å²) in [4.78, 5) is 32.8. The van der Waals surface area contributed by atoms with Crippen molar-refractivity contribution in [3.63, 3.8) is 0 Å². The third-order valence-electron chi connectivity index (χ3n) is 3.76. The van der Waals surface area contributed by atoms with Gasteiger partial charge in [0, 0.05) is 38.1 Å². The number of nitrogens with zero attached hydrogens (tertiary/aromatic N) is 4. The molecule has 0 bridgehead atoms. The van der Waals surface area contributed by atoms with Crippen LogP contribution in [0.2, 0.25) is 0 Å². The molecule has 2 aromatic rings. The first kappa shape index (κ1) is 21.6. The molecule has 152 valence electrons. The molecule has 1 aliphatic rings. The maximum Gasteiger partial charge on any atom is 0.490 e. The van der Waals surface area contributed by atoms with E-state index in [2.05, 4.69) is 25.1 Å². The smallest absolute Gasteiger partial charge is 0.477 e. The van der Waals surface area contributed by atoms with Crippen molar-refractivity contribution >= 4 is 29.1 Å². The summed E-state index contributed by atoms with van der Waals surface area (Å²) in [7, 11) is 0. The molecule has 0 aromatic carbocycles. The third kappa shape index (κ3) is 6.46. The van der Waals surface area contributed by atoms with Crippen LogP contribution < -0.4 is 4.90 Å². The normalized spacial score (nSPS) is 14.9. The Morgan fingerprint density at radius 1 is 1.14 bits per heavy atom. The van der Waals surface area contributed by atoms with E-state index in [1.54, 1.807) is 17.4 Å². The molecule has 8 nitrogen and oxygen atoms in total. The van der Waals surface area contributed by atoms with Gasteiger partial charge in [-0.05, 0) is 12.1 Å². The van der Waals surface area contributed by atoms with E-state index in [0.717, 1.165) is 44.2 Å². The van der Waals surface area contributed by atoms with Gasteiger partial charge in [-0.2, -0.15) is 13.2 Å². The van der Waals surface area contributed by atoms with E-state index in [4.69, 9.17) is 15.0 Å². The molecule has 0 unspecified atom stereocenters. The topological polar surface area (TPSA) is 107 Å². The molecule has 3 heterocycles. The summed E-state index contributed by atoms with van der Waals surface area (Å²) in [6.45, 7) is 4.42. The van der Waals surface area contributed by atoms with E-state index >= 15 is 0 Å². The second kappa shape index (κ2) is 9.46. The Morgan fingerprint density at radius 3 is 2.29 bits per heavy atom. The summed E-state index contributed by atoms with van der Waals surface area (Å²) in [6.07, 6.45) is -5.08. The SMILES string of the molecule is O=C(O)C(F)(F)F.O=C(O)c1cccc(N2CCN(Cc3cscn3)CC2)n1. The largest absolute Gasteiger partial charge is 0.490 e. The number of pyridine rings is 1. The number of anilines is 1. The number of aliphatic carboxylic acids is 1. The van der Waals surface area contributed by atoms with Crippen LogP contribution >= 0.6 is 11.3 Å². The summed E-state index contributed by atoms with van der Waals surface area (Å²) in [6, 6.07) is 5.13. The molecule has 0 saturated carbocycles. The van der Waals surface area contributed by atoms with Crippen molar-refractivity contribution in [1.82, 2.24) is 14.9 Å². The summed E-state index contributed by atoms with van der Waals surface area (Å²) in [5.41, 5.74) is 3.06. The van der Waals surface area contributed by atoms with E-state index in [1.165, 1.54) is 6.07 Å². The van der Waals surface area contributed by atoms with E-state index < -0.39 is 18.1 Å². The number of alkyl halides is 3. The molecule has 2 N–H and O–H groups in total. The van der Waals surface area contributed by atoms with E-state index in [1.807, 2.05) is 11.6 Å². The highest BCUT2D eigenvalue weighted by Crippen LogP contribution is 2.16. The van der Waals surface area contributed by atoms with Gasteiger partial charge in [0.2, 0.25) is 0 Å². The molecule has 0 amide bonds. The number of aromatic carboxylic acids is 1. The highest BCUT2D eigenvalue weighted by molar-refractivity contribution is 7.07. The minimum Gasteiger partial charge on any atom is -0.477 e. The molecule has 0 spiro atoms. The number of hydrogen-bond donors (Lipinski definition) is 2. The molecule has 3 rings (SSSR count). The Kier molecular flexibility index (Phi) is 7.29. The number of thiazole rings is 1. The first-order valence-corrected chi connectivity index (χ1v) is 8.96. The molecule has 28 heavy (non-hydrogen) atoms. The average molecular weight is 418 g/mol. The van der Waals surface area contributed by atoms with E-state index in [9.17, 15) is 18.0 Å². The van der Waals surface area contributed by atoms with Gasteiger partial charge in [0.15, 0.2) is 5.69 Å². The van der Waals surface area contributed by atoms with Gasteiger partial charge in [-0.3, -0.25) is 4.90 Å². The van der Waals surface area contributed by atoms with Crippen LogP contribution in [0, 0.1) is 0 Å². The van der Waals surface area contributed by atoms with Gasteiger partial charge in [-0.25, -0.2) is 19.6 Å². The highest BCUT2D eigenvalue weighted by Gasteiger charge is 2.38. The number of aromatic nitrogens is 2. The molecule has 0 radical (unpaired) electrons. The molecular formula is C16H17F3N4O4S. The van der Waals surface area contributed by atoms with Crippen LogP contribution in [0.4, 0.5) is 19.0 Å². The zero-order valence-corrected chi connectivity index (χ0v) is 15.3. The molecule has 12 heteroatoms. The molecule has 1 fully saturated rings. The van der Waals surface area contributed by atoms with Crippen LogP contribution in [0.5, 0.6) is 0 Å². The summed E-state index contributed by atoms with van der Waals surface area (Å²) in [5.74, 6) is -3.00. The van der Waals surface area contributed by atoms with Crippen molar-refractivity contribution in [2.45, 2.75) is 12.7 Å². The highest BCUT2D eigenvalue weighted by atomic mass is 32.1. The standard InChI is InChI=1S/C14H16N4O2S.C2HF3O2/c19-14(20)12-2-1-3-13(16-12)18-6-4-17(5-7-18)8-11-9-21-10-15-11;3-2(4,5)1(6)7/h1-3,9-10H,4-8H2,(H,19,20);(H,6,7). The maximum atomic E-state index is 11.0. The average Bonchev–Trinajstić information content (AvgIpc) is 3.15. The Morgan fingerprint density at radius 2 is 1.79 bits per heavy atom. The number of carboxylic acids is 2. The van der Waals surface area contributed by atoms with Gasteiger partial charge in [0.1, 0.15) is 5.82 Å². The lowest BCUT2D eigenvalue weighted by Crippen LogP contribution is -2.46. The monoisotopic (exact) mass is 418 g/mol. The molecule has 2 aromatic heterocycles. The summed E-state index contributed by atoms with van der Waals surface area (Å²) < 4.78 is 31.7. The molecule has 1 saturated heterocycles. The van der Waals surface area contributed by atoms with Crippen LogP contribution in [0.3, 0.4) is 0 Å². The zero-order chi connectivity index (χ0) is 20.7. The van der Waals surface area contributed by atoms with Crippen LogP contribution in [0.15, 0.2) is 29.1 Å². The Labute approximate surface area is 161 Å². The van der Waals surface area contributed by atoms with Crippen molar-refractivity contribution in [2.75, 3.05) is 31.1 Å². The number of rotatable bonds is 4. The lowest BCUT2D eigenvalue weighted by molar-refractivity contribution is -0.192. The quantitative estimate of drug-likeness (QED) is 0.778. The number of piperazine rings is 1. The second-order valence-corrected chi connectivity index (χ2v) is 6.45. The van der Waals surface area contributed by atoms with Crippen LogP contribution in [-0.2, 0) is 11.3 Å². The second-order valence-electron chi connectivity index (χ2n) is 5.73. The summed E-state index contributed by atoms with van der Waals surface area (Å²) in [5, 5.41) is 18.2. The fourth-order valence-corrected chi connectivity index (χ4v) is 2.95. The predicted octanol–water partition coefficient (Wildman–Crippen LogP) is 2.19. The first-order valence-electron chi connectivity index (χ1n) is 8.01. The molecule has 1 aliphatic heterocycles. The van der Waals surface area contributed by atoms with Gasteiger partial charge in [-0.1, -0.05) is 6.07 Å². The molecule has 0 aliphatic carbocycles. The van der Waals surface area contributed by atoms with Crippen molar-refractivity contribution in [1.29, 1.82) is 0 Å². The number of hydrogen-bond acceptors (Lipinski definition) is 7. The van der Waals surface area contributed by atoms with Gasteiger partial charge in [0.05, 0.1) is 11.2 Å².